The van der Waals surface area contributed by atoms with Crippen molar-refractivity contribution in [3.05, 3.63) is 65.7 Å². The lowest BCUT2D eigenvalue weighted by Crippen LogP contribution is -2.42. The molecule has 2 aromatic carbocycles. The summed E-state index contributed by atoms with van der Waals surface area (Å²) in [5.74, 6) is -0.0228. The second-order valence-corrected chi connectivity index (χ2v) is 6.19. The fourth-order valence-corrected chi connectivity index (χ4v) is 2.97. The van der Waals surface area contributed by atoms with Crippen molar-refractivity contribution in [1.29, 1.82) is 0 Å². The molecule has 0 aliphatic carbocycles. The molecule has 0 saturated carbocycles. The van der Waals surface area contributed by atoms with E-state index in [1.807, 2.05) is 35.2 Å². The van der Waals surface area contributed by atoms with Crippen LogP contribution in [-0.2, 0) is 11.2 Å². The van der Waals surface area contributed by atoms with Crippen LogP contribution in [0.25, 0.3) is 0 Å². The van der Waals surface area contributed by atoms with Gasteiger partial charge >= 0.3 is 5.97 Å². The molecule has 25 heavy (non-hydrogen) atoms. The molecule has 1 aliphatic heterocycles. The topological polar surface area (TPSA) is 66.8 Å². The number of carbonyl (C=O) groups is 2. The van der Waals surface area contributed by atoms with Crippen molar-refractivity contribution in [2.75, 3.05) is 13.1 Å². The normalized spacial score (nSPS) is 15.0. The predicted octanol–water partition coefficient (Wildman–Crippen LogP) is 3.00. The first kappa shape index (κ1) is 17.0. The molecule has 0 unspecified atom stereocenters. The Morgan fingerprint density at radius 2 is 1.64 bits per heavy atom. The number of carbonyl (C=O) groups excluding carboxylic acids is 1. The summed E-state index contributed by atoms with van der Waals surface area (Å²) >= 11 is 0. The maximum atomic E-state index is 12.4. The minimum absolute atomic E-state index is 0.0706. The maximum absolute atomic E-state index is 12.4. The number of carboxylic acid groups (broad SMARTS) is 1. The number of aromatic carboxylic acids is 1. The number of nitrogens with zero attached hydrogens (tertiary/aromatic N) is 1. The van der Waals surface area contributed by atoms with Gasteiger partial charge in [0.25, 0.3) is 0 Å². The third kappa shape index (κ3) is 4.59. The third-order valence-electron chi connectivity index (χ3n) is 4.40. The van der Waals surface area contributed by atoms with E-state index in [4.69, 9.17) is 9.84 Å². The highest BCUT2D eigenvalue weighted by atomic mass is 16.5. The number of piperidine rings is 1. The van der Waals surface area contributed by atoms with Crippen molar-refractivity contribution < 1.29 is 19.4 Å². The Labute approximate surface area is 146 Å². The van der Waals surface area contributed by atoms with Crippen molar-refractivity contribution in [1.82, 2.24) is 4.90 Å². The van der Waals surface area contributed by atoms with Crippen LogP contribution in [0.2, 0.25) is 0 Å². The number of hydrogen-bond acceptors (Lipinski definition) is 3. The summed E-state index contributed by atoms with van der Waals surface area (Å²) in [4.78, 5) is 25.1. The summed E-state index contributed by atoms with van der Waals surface area (Å²) in [6.07, 6.45) is 2.07. The standard InChI is InChI=1S/C20H21NO4/c22-19(14-15-6-8-16(9-7-15)20(23)24)21-12-10-18(11-13-21)25-17-4-2-1-3-5-17/h1-9,18H,10-14H2,(H,23,24). The van der Waals surface area contributed by atoms with E-state index in [2.05, 4.69) is 0 Å². The molecule has 5 nitrogen and oxygen atoms in total. The average Bonchev–Trinajstić information content (AvgIpc) is 2.63. The molecule has 5 heteroatoms. The summed E-state index contributed by atoms with van der Waals surface area (Å²) < 4.78 is 5.94. The van der Waals surface area contributed by atoms with Crippen molar-refractivity contribution in [3.8, 4) is 5.75 Å². The number of rotatable bonds is 5. The summed E-state index contributed by atoms with van der Waals surface area (Å²) in [6, 6.07) is 16.2. The number of likely N-dealkylation sites (tertiary alicyclic amines) is 1. The number of ether oxygens (including phenoxy) is 1. The van der Waals surface area contributed by atoms with Crippen molar-refractivity contribution in [2.24, 2.45) is 0 Å². The van der Waals surface area contributed by atoms with Crippen LogP contribution in [0.5, 0.6) is 5.75 Å². The predicted molar refractivity (Wildman–Crippen MR) is 93.8 cm³/mol. The molecule has 0 bridgehead atoms. The van der Waals surface area contributed by atoms with Gasteiger partial charge in [0.15, 0.2) is 0 Å². The zero-order valence-corrected chi connectivity index (χ0v) is 13.9. The monoisotopic (exact) mass is 339 g/mol. The van der Waals surface area contributed by atoms with Crippen LogP contribution < -0.4 is 4.74 Å². The molecule has 1 aliphatic rings. The van der Waals surface area contributed by atoms with Gasteiger partial charge in [-0.3, -0.25) is 4.79 Å². The molecule has 1 amide bonds. The lowest BCUT2D eigenvalue weighted by atomic mass is 10.0. The van der Waals surface area contributed by atoms with Gasteiger partial charge in [-0.1, -0.05) is 30.3 Å². The first-order valence-electron chi connectivity index (χ1n) is 8.43. The summed E-state index contributed by atoms with van der Waals surface area (Å²) in [5.41, 5.74) is 1.06. The summed E-state index contributed by atoms with van der Waals surface area (Å²) in [6.45, 7) is 1.37. The molecule has 130 valence electrons. The van der Waals surface area contributed by atoms with Crippen LogP contribution in [0.15, 0.2) is 54.6 Å². The number of amides is 1. The van der Waals surface area contributed by atoms with Crippen LogP contribution in [0, 0.1) is 0 Å². The van der Waals surface area contributed by atoms with E-state index in [1.54, 1.807) is 12.1 Å². The molecular weight excluding hydrogens is 318 g/mol. The number of carboxylic acids is 1. The Morgan fingerprint density at radius 3 is 2.24 bits per heavy atom. The Hall–Kier alpha value is -2.82. The second kappa shape index (κ2) is 7.83. The summed E-state index contributed by atoms with van der Waals surface area (Å²) in [7, 11) is 0. The molecule has 1 N–H and O–H groups in total. The van der Waals surface area contributed by atoms with Gasteiger partial charge in [0.05, 0.1) is 12.0 Å². The number of para-hydroxylation sites is 1. The van der Waals surface area contributed by atoms with Gasteiger partial charge in [-0.15, -0.1) is 0 Å². The molecule has 2 aromatic rings. The Kier molecular flexibility index (Phi) is 5.33. The summed E-state index contributed by atoms with van der Waals surface area (Å²) in [5, 5.41) is 8.90. The fraction of sp³-hybridized carbons (Fsp3) is 0.300. The van der Waals surface area contributed by atoms with Crippen LogP contribution in [0.1, 0.15) is 28.8 Å². The minimum Gasteiger partial charge on any atom is -0.490 e. The first-order valence-corrected chi connectivity index (χ1v) is 8.43. The van der Waals surface area contributed by atoms with E-state index in [-0.39, 0.29) is 17.6 Å². The maximum Gasteiger partial charge on any atom is 0.335 e. The van der Waals surface area contributed by atoms with Gasteiger partial charge in [-0.05, 0) is 29.8 Å². The van der Waals surface area contributed by atoms with Crippen LogP contribution >= 0.6 is 0 Å². The van der Waals surface area contributed by atoms with E-state index >= 15 is 0 Å². The average molecular weight is 339 g/mol. The lowest BCUT2D eigenvalue weighted by molar-refractivity contribution is -0.132. The molecule has 0 atom stereocenters. The molecule has 1 fully saturated rings. The quantitative estimate of drug-likeness (QED) is 0.909. The van der Waals surface area contributed by atoms with Crippen molar-refractivity contribution in [2.45, 2.75) is 25.4 Å². The largest absolute Gasteiger partial charge is 0.490 e. The Balaban J connectivity index is 1.49. The smallest absolute Gasteiger partial charge is 0.335 e. The van der Waals surface area contributed by atoms with Gasteiger partial charge in [-0.2, -0.15) is 0 Å². The van der Waals surface area contributed by atoms with Crippen LogP contribution in [0.4, 0.5) is 0 Å². The third-order valence-corrected chi connectivity index (χ3v) is 4.40. The van der Waals surface area contributed by atoms with Crippen LogP contribution in [0.3, 0.4) is 0 Å². The SMILES string of the molecule is O=C(O)c1ccc(CC(=O)N2CCC(Oc3ccccc3)CC2)cc1. The fourth-order valence-electron chi connectivity index (χ4n) is 2.97. The van der Waals surface area contributed by atoms with E-state index in [9.17, 15) is 9.59 Å². The van der Waals surface area contributed by atoms with Crippen molar-refractivity contribution >= 4 is 11.9 Å². The highest BCUT2D eigenvalue weighted by Gasteiger charge is 2.24. The Morgan fingerprint density at radius 1 is 1.00 bits per heavy atom. The van der Waals surface area contributed by atoms with Gasteiger partial charge in [-0.25, -0.2) is 4.79 Å². The van der Waals surface area contributed by atoms with Gasteiger partial charge in [0.2, 0.25) is 5.91 Å². The van der Waals surface area contributed by atoms with E-state index < -0.39 is 5.97 Å². The first-order chi connectivity index (χ1) is 12.1. The molecule has 1 heterocycles. The molecular formula is C20H21NO4. The van der Waals surface area contributed by atoms with Gasteiger partial charge < -0.3 is 14.7 Å². The molecule has 0 spiro atoms. The lowest BCUT2D eigenvalue weighted by Gasteiger charge is -2.32. The zero-order chi connectivity index (χ0) is 17.6. The highest BCUT2D eigenvalue weighted by Crippen LogP contribution is 2.19. The number of hydrogen-bond donors (Lipinski definition) is 1. The molecule has 1 saturated heterocycles. The van der Waals surface area contributed by atoms with Crippen molar-refractivity contribution in [3.63, 3.8) is 0 Å². The van der Waals surface area contributed by atoms with Gasteiger partial charge in [0, 0.05) is 25.9 Å². The highest BCUT2D eigenvalue weighted by molar-refractivity contribution is 5.87. The molecule has 3 rings (SSSR count). The number of benzene rings is 2. The van der Waals surface area contributed by atoms with E-state index in [1.165, 1.54) is 12.1 Å². The van der Waals surface area contributed by atoms with E-state index in [0.29, 0.717) is 19.5 Å². The molecule has 0 aromatic heterocycles. The molecule has 0 radical (unpaired) electrons. The van der Waals surface area contributed by atoms with Gasteiger partial charge in [0.1, 0.15) is 11.9 Å². The van der Waals surface area contributed by atoms with Crippen LogP contribution in [-0.4, -0.2) is 41.1 Å². The van der Waals surface area contributed by atoms with E-state index in [0.717, 1.165) is 24.2 Å². The minimum atomic E-state index is -0.960. The Bertz CT molecular complexity index is 719. The zero-order valence-electron chi connectivity index (χ0n) is 13.9. The second-order valence-electron chi connectivity index (χ2n) is 6.19.